The van der Waals surface area contributed by atoms with Crippen molar-refractivity contribution in [2.45, 2.75) is 47.3 Å². The number of halogens is 2. The van der Waals surface area contributed by atoms with Crippen LogP contribution in [0.4, 0.5) is 0 Å². The van der Waals surface area contributed by atoms with Crippen LogP contribution < -0.4 is 0 Å². The van der Waals surface area contributed by atoms with Gasteiger partial charge in [0, 0.05) is 7.75 Å². The summed E-state index contributed by atoms with van der Waals surface area (Å²) in [5.74, 6) is 0. The molecule has 0 aromatic rings. The third-order valence-electron chi connectivity index (χ3n) is 4.94. The number of alkyl halides is 2. The van der Waals surface area contributed by atoms with Gasteiger partial charge in [-0.05, 0) is 36.5 Å². The SMILES string of the molecule is C[C@@]12CC3(Br)C[C@]1(C)CC3(I)C2. The highest BCUT2D eigenvalue weighted by Gasteiger charge is 2.79. The molecule has 4 rings (SSSR count). The molecular weight excluding hydrogens is 327 g/mol. The summed E-state index contributed by atoms with van der Waals surface area (Å²) < 4.78 is 1.10. The molecule has 2 heteroatoms. The van der Waals surface area contributed by atoms with Crippen molar-refractivity contribution in [3.63, 3.8) is 0 Å². The Labute approximate surface area is 96.1 Å². The summed E-state index contributed by atoms with van der Waals surface area (Å²) >= 11 is 6.74. The molecule has 0 amide bonds. The maximum Gasteiger partial charge on any atom is 0.0414 e. The van der Waals surface area contributed by atoms with Gasteiger partial charge in [0.2, 0.25) is 0 Å². The minimum atomic E-state index is 0.504. The summed E-state index contributed by atoms with van der Waals surface area (Å²) in [6, 6.07) is 0. The Balaban J connectivity index is 2.23. The standard InChI is InChI=1S/C10H14BrI/c1-7-3-9(11)4-8(7,2)6-10(9,12)5-7/h3-6H2,1-2H3/t7-,8+,9?,10?. The summed E-state index contributed by atoms with van der Waals surface area (Å²) in [5.41, 5.74) is 1.30. The average Bonchev–Trinajstić information content (AvgIpc) is 2.19. The van der Waals surface area contributed by atoms with E-state index in [-0.39, 0.29) is 0 Å². The largest absolute Gasteiger partial charge is 0.0838 e. The van der Waals surface area contributed by atoms with Gasteiger partial charge in [-0.15, -0.1) is 0 Å². The van der Waals surface area contributed by atoms with Gasteiger partial charge in [-0.25, -0.2) is 0 Å². The maximum absolute atomic E-state index is 4.01. The normalized spacial score (nSPS) is 73.0. The smallest absolute Gasteiger partial charge is 0.0414 e. The van der Waals surface area contributed by atoms with Gasteiger partial charge < -0.3 is 0 Å². The second-order valence-electron chi connectivity index (χ2n) is 5.76. The van der Waals surface area contributed by atoms with Gasteiger partial charge in [0.15, 0.2) is 0 Å². The Morgan fingerprint density at radius 3 is 1.50 bits per heavy atom. The van der Waals surface area contributed by atoms with Gasteiger partial charge in [-0.3, -0.25) is 0 Å². The number of hydrogen-bond acceptors (Lipinski definition) is 0. The van der Waals surface area contributed by atoms with Crippen LogP contribution in [-0.4, -0.2) is 7.75 Å². The summed E-state index contributed by atoms with van der Waals surface area (Å²) in [5, 5.41) is 0. The Hall–Kier alpha value is 1.21. The molecule has 0 aromatic heterocycles. The molecule has 0 aromatic carbocycles. The lowest BCUT2D eigenvalue weighted by molar-refractivity contribution is 0.157. The first-order chi connectivity index (χ1) is 5.33. The van der Waals surface area contributed by atoms with Crippen molar-refractivity contribution in [2.75, 3.05) is 0 Å². The fraction of sp³-hybridized carbons (Fsp3) is 1.00. The molecule has 4 atom stereocenters. The van der Waals surface area contributed by atoms with Gasteiger partial charge in [0.25, 0.3) is 0 Å². The monoisotopic (exact) mass is 340 g/mol. The van der Waals surface area contributed by atoms with Crippen LogP contribution in [0.2, 0.25) is 0 Å². The van der Waals surface area contributed by atoms with E-state index >= 15 is 0 Å². The molecule has 4 aliphatic carbocycles. The van der Waals surface area contributed by atoms with E-state index < -0.39 is 0 Å². The molecule has 0 radical (unpaired) electrons. The molecule has 12 heavy (non-hydrogen) atoms. The van der Waals surface area contributed by atoms with E-state index in [2.05, 4.69) is 52.4 Å². The van der Waals surface area contributed by atoms with Crippen LogP contribution in [0.25, 0.3) is 0 Å². The van der Waals surface area contributed by atoms with E-state index in [4.69, 9.17) is 0 Å². The Morgan fingerprint density at radius 1 is 1.00 bits per heavy atom. The predicted molar refractivity (Wildman–Crippen MR) is 63.1 cm³/mol. The van der Waals surface area contributed by atoms with Crippen LogP contribution in [0.3, 0.4) is 0 Å². The number of rotatable bonds is 0. The van der Waals surface area contributed by atoms with E-state index in [1.165, 1.54) is 25.7 Å². The summed E-state index contributed by atoms with van der Waals surface area (Å²) in [7, 11) is 0. The molecule has 0 heterocycles. The molecule has 0 nitrogen and oxygen atoms in total. The van der Waals surface area contributed by atoms with Crippen LogP contribution >= 0.6 is 38.5 Å². The van der Waals surface area contributed by atoms with Gasteiger partial charge in [-0.1, -0.05) is 52.4 Å². The van der Waals surface area contributed by atoms with E-state index in [0.29, 0.717) is 18.6 Å². The van der Waals surface area contributed by atoms with Crippen molar-refractivity contribution >= 4 is 38.5 Å². The molecule has 0 saturated heterocycles. The second kappa shape index (κ2) is 1.80. The highest BCUT2D eigenvalue weighted by molar-refractivity contribution is 14.1. The fourth-order valence-corrected chi connectivity index (χ4v) is 7.79. The van der Waals surface area contributed by atoms with Gasteiger partial charge in [0.1, 0.15) is 0 Å². The highest BCUT2D eigenvalue weighted by atomic mass is 127. The van der Waals surface area contributed by atoms with Crippen molar-refractivity contribution in [1.29, 1.82) is 0 Å². The molecule has 4 aliphatic rings. The summed E-state index contributed by atoms with van der Waals surface area (Å²) in [4.78, 5) is 0. The maximum atomic E-state index is 4.01. The van der Waals surface area contributed by atoms with Crippen LogP contribution in [0.1, 0.15) is 39.5 Å². The van der Waals surface area contributed by atoms with Crippen molar-refractivity contribution in [2.24, 2.45) is 10.8 Å². The van der Waals surface area contributed by atoms with Crippen LogP contribution in [0, 0.1) is 10.8 Å². The van der Waals surface area contributed by atoms with E-state index in [1.807, 2.05) is 0 Å². The lowest BCUT2D eigenvalue weighted by atomic mass is 9.71. The first-order valence-corrected chi connectivity index (χ1v) is 6.58. The van der Waals surface area contributed by atoms with E-state index in [0.717, 1.165) is 0 Å². The van der Waals surface area contributed by atoms with E-state index in [1.54, 1.807) is 0 Å². The fourth-order valence-electron chi connectivity index (χ4n) is 4.21. The molecule has 4 saturated carbocycles. The molecule has 0 spiro atoms. The molecule has 0 N–H and O–H groups in total. The van der Waals surface area contributed by atoms with Crippen LogP contribution in [0.15, 0.2) is 0 Å². The Morgan fingerprint density at radius 2 is 1.42 bits per heavy atom. The van der Waals surface area contributed by atoms with Gasteiger partial charge in [-0.2, -0.15) is 0 Å². The minimum absolute atomic E-state index is 0.504. The second-order valence-corrected chi connectivity index (χ2v) is 9.34. The average molecular weight is 341 g/mol. The van der Waals surface area contributed by atoms with Crippen molar-refractivity contribution in [1.82, 2.24) is 0 Å². The van der Waals surface area contributed by atoms with Gasteiger partial charge in [0.05, 0.1) is 0 Å². The minimum Gasteiger partial charge on any atom is -0.0838 e. The Bertz CT molecular complexity index is 207. The molecule has 2 unspecified atom stereocenters. The quantitative estimate of drug-likeness (QED) is 0.463. The van der Waals surface area contributed by atoms with Crippen molar-refractivity contribution in [3.05, 3.63) is 0 Å². The van der Waals surface area contributed by atoms with Crippen molar-refractivity contribution < 1.29 is 0 Å². The first kappa shape index (κ1) is 8.51. The highest BCUT2D eigenvalue weighted by Crippen LogP contribution is 2.84. The predicted octanol–water partition coefficient (Wildman–Crippen LogP) is 3.91. The lowest BCUT2D eigenvalue weighted by Crippen LogP contribution is -2.33. The third-order valence-corrected chi connectivity index (χ3v) is 8.80. The van der Waals surface area contributed by atoms with Crippen molar-refractivity contribution in [3.8, 4) is 0 Å². The lowest BCUT2D eigenvalue weighted by Gasteiger charge is -2.33. The molecule has 4 fully saturated rings. The zero-order valence-electron chi connectivity index (χ0n) is 7.58. The molecule has 0 aliphatic heterocycles. The zero-order valence-corrected chi connectivity index (χ0v) is 11.3. The Kier molecular flexibility index (Phi) is 1.28. The molecular formula is C10H14BrI. The first-order valence-electron chi connectivity index (χ1n) is 4.71. The van der Waals surface area contributed by atoms with Crippen LogP contribution in [-0.2, 0) is 0 Å². The van der Waals surface area contributed by atoms with Crippen LogP contribution in [0.5, 0.6) is 0 Å². The summed E-state index contributed by atoms with van der Waals surface area (Å²) in [6.07, 6.45) is 5.73. The van der Waals surface area contributed by atoms with E-state index in [9.17, 15) is 0 Å². The summed E-state index contributed by atoms with van der Waals surface area (Å²) in [6.45, 7) is 5.01. The molecule has 4 bridgehead atoms. The molecule has 68 valence electrons. The van der Waals surface area contributed by atoms with Gasteiger partial charge >= 0.3 is 0 Å². The zero-order chi connectivity index (χ0) is 8.83. The number of hydrogen-bond donors (Lipinski definition) is 0. The topological polar surface area (TPSA) is 0 Å². The third kappa shape index (κ3) is 0.626.